The molecule has 0 saturated carbocycles. The summed E-state index contributed by atoms with van der Waals surface area (Å²) in [5, 5.41) is 11.7. The first-order valence-corrected chi connectivity index (χ1v) is 11.7. The van der Waals surface area contributed by atoms with Crippen molar-refractivity contribution in [2.75, 3.05) is 25.3 Å². The van der Waals surface area contributed by atoms with Gasteiger partial charge in [-0.1, -0.05) is 30.0 Å². The van der Waals surface area contributed by atoms with E-state index in [4.69, 9.17) is 14.2 Å². The summed E-state index contributed by atoms with van der Waals surface area (Å²) in [6.07, 6.45) is -0.342. The van der Waals surface area contributed by atoms with Crippen LogP contribution >= 0.6 is 11.8 Å². The maximum absolute atomic E-state index is 12.6. The topological polar surface area (TPSA) is 122 Å². The van der Waals surface area contributed by atoms with Crippen LogP contribution < -0.4 is 10.1 Å². The number of rotatable bonds is 10. The number of hydrogen-bond acceptors (Lipinski definition) is 9. The lowest BCUT2D eigenvalue weighted by Gasteiger charge is -2.15. The Morgan fingerprint density at radius 1 is 1.00 bits per heavy atom. The van der Waals surface area contributed by atoms with E-state index in [1.54, 1.807) is 0 Å². The number of hydrogen-bond donors (Lipinski definition) is 1. The highest BCUT2D eigenvalue weighted by Crippen LogP contribution is 2.25. The quantitative estimate of drug-likeness (QED) is 0.329. The molecule has 0 radical (unpaired) electrons. The third kappa shape index (κ3) is 6.60. The molecule has 35 heavy (non-hydrogen) atoms. The van der Waals surface area contributed by atoms with Crippen LogP contribution in [0.15, 0.2) is 53.7 Å². The SMILES string of the molecule is CCn1c(SCC(=O)Nc2cc(C(=O)OC)cc(C(=O)OC)c2)nnc1C(C)Oc1ccccc1. The van der Waals surface area contributed by atoms with E-state index in [9.17, 15) is 14.4 Å². The largest absolute Gasteiger partial charge is 0.483 e. The minimum absolute atomic E-state index is 0.0298. The van der Waals surface area contributed by atoms with Crippen LogP contribution in [0.3, 0.4) is 0 Å². The Labute approximate surface area is 207 Å². The van der Waals surface area contributed by atoms with Crippen molar-refractivity contribution in [2.45, 2.75) is 31.7 Å². The van der Waals surface area contributed by atoms with Crippen molar-refractivity contribution in [2.24, 2.45) is 0 Å². The van der Waals surface area contributed by atoms with Gasteiger partial charge in [-0.05, 0) is 44.2 Å². The van der Waals surface area contributed by atoms with Crippen LogP contribution in [0.4, 0.5) is 5.69 Å². The van der Waals surface area contributed by atoms with Crippen molar-refractivity contribution in [3.8, 4) is 5.75 Å². The van der Waals surface area contributed by atoms with Gasteiger partial charge in [-0.2, -0.15) is 0 Å². The van der Waals surface area contributed by atoms with Crippen LogP contribution in [0.1, 0.15) is 46.5 Å². The molecular weight excluding hydrogens is 472 g/mol. The van der Waals surface area contributed by atoms with Gasteiger partial charge in [0.05, 0.1) is 31.1 Å². The molecular formula is C24H26N4O6S. The minimum atomic E-state index is -0.643. The average Bonchev–Trinajstić information content (AvgIpc) is 3.30. The lowest BCUT2D eigenvalue weighted by molar-refractivity contribution is -0.113. The second-order valence-electron chi connectivity index (χ2n) is 7.28. The molecule has 10 nitrogen and oxygen atoms in total. The zero-order valence-electron chi connectivity index (χ0n) is 19.8. The normalized spacial score (nSPS) is 11.4. The Morgan fingerprint density at radius 2 is 1.63 bits per heavy atom. The summed E-state index contributed by atoms with van der Waals surface area (Å²) in [6.45, 7) is 4.44. The number of amides is 1. The van der Waals surface area contributed by atoms with Gasteiger partial charge in [0.2, 0.25) is 5.91 Å². The zero-order valence-corrected chi connectivity index (χ0v) is 20.6. The van der Waals surface area contributed by atoms with Gasteiger partial charge in [0.25, 0.3) is 0 Å². The Balaban J connectivity index is 1.69. The Hall–Kier alpha value is -3.86. The highest BCUT2D eigenvalue weighted by atomic mass is 32.2. The van der Waals surface area contributed by atoms with Gasteiger partial charge in [-0.3, -0.25) is 4.79 Å². The third-order valence-electron chi connectivity index (χ3n) is 4.87. The number of para-hydroxylation sites is 1. The van der Waals surface area contributed by atoms with E-state index in [1.165, 1.54) is 44.2 Å². The van der Waals surface area contributed by atoms with Crippen molar-refractivity contribution in [3.05, 3.63) is 65.5 Å². The molecule has 0 fully saturated rings. The van der Waals surface area contributed by atoms with E-state index in [0.29, 0.717) is 17.5 Å². The second-order valence-corrected chi connectivity index (χ2v) is 8.22. The maximum Gasteiger partial charge on any atom is 0.337 e. The molecule has 1 N–H and O–H groups in total. The number of methoxy groups -OCH3 is 2. The van der Waals surface area contributed by atoms with Gasteiger partial charge in [-0.15, -0.1) is 10.2 Å². The molecule has 1 atom stereocenters. The van der Waals surface area contributed by atoms with Crippen molar-refractivity contribution < 1.29 is 28.6 Å². The Kier molecular flexibility index (Phi) is 8.85. The summed E-state index contributed by atoms with van der Waals surface area (Å²) in [5.74, 6) is -0.240. The Morgan fingerprint density at radius 3 is 2.20 bits per heavy atom. The van der Waals surface area contributed by atoms with Crippen molar-refractivity contribution >= 4 is 35.3 Å². The van der Waals surface area contributed by atoms with Crippen molar-refractivity contribution in [3.63, 3.8) is 0 Å². The smallest absolute Gasteiger partial charge is 0.337 e. The Bertz CT molecular complexity index is 1160. The molecule has 0 bridgehead atoms. The lowest BCUT2D eigenvalue weighted by atomic mass is 10.1. The first kappa shape index (κ1) is 25.8. The number of carbonyl (C=O) groups excluding carboxylic acids is 3. The van der Waals surface area contributed by atoms with Gasteiger partial charge >= 0.3 is 11.9 Å². The molecule has 184 valence electrons. The van der Waals surface area contributed by atoms with Crippen LogP contribution in [0.5, 0.6) is 5.75 Å². The molecule has 0 aliphatic rings. The summed E-state index contributed by atoms with van der Waals surface area (Å²) >= 11 is 1.21. The predicted octanol–water partition coefficient (Wildman–Crippen LogP) is 3.74. The summed E-state index contributed by atoms with van der Waals surface area (Å²) < 4.78 is 17.3. The number of esters is 2. The summed E-state index contributed by atoms with van der Waals surface area (Å²) in [4.78, 5) is 36.5. The van der Waals surface area contributed by atoms with Gasteiger partial charge in [0.1, 0.15) is 5.75 Å². The van der Waals surface area contributed by atoms with E-state index in [0.717, 1.165) is 5.75 Å². The molecule has 1 heterocycles. The fourth-order valence-electron chi connectivity index (χ4n) is 3.26. The van der Waals surface area contributed by atoms with Gasteiger partial charge in [-0.25, -0.2) is 9.59 Å². The number of ether oxygens (including phenoxy) is 3. The molecule has 11 heteroatoms. The molecule has 0 aliphatic carbocycles. The van der Waals surface area contributed by atoms with E-state index >= 15 is 0 Å². The molecule has 3 rings (SSSR count). The highest BCUT2D eigenvalue weighted by Gasteiger charge is 2.20. The number of nitrogens with zero attached hydrogens (tertiary/aromatic N) is 3. The van der Waals surface area contributed by atoms with Crippen molar-refractivity contribution in [1.29, 1.82) is 0 Å². The molecule has 0 saturated heterocycles. The summed E-state index contributed by atoms with van der Waals surface area (Å²) in [7, 11) is 2.46. The highest BCUT2D eigenvalue weighted by molar-refractivity contribution is 7.99. The standard InChI is InChI=1S/C24H26N4O6S/c1-5-28-21(15(2)34-19-9-7-6-8-10-19)26-27-24(28)35-14-20(29)25-18-12-16(22(30)32-3)11-17(13-18)23(31)33-4/h6-13,15H,5,14H2,1-4H3,(H,25,29). The number of nitrogens with one attached hydrogen (secondary N) is 1. The van der Waals surface area contributed by atoms with Gasteiger partial charge < -0.3 is 24.1 Å². The first-order chi connectivity index (χ1) is 16.9. The van der Waals surface area contributed by atoms with Gasteiger partial charge in [0.15, 0.2) is 17.1 Å². The van der Waals surface area contributed by atoms with E-state index in [2.05, 4.69) is 15.5 Å². The van der Waals surface area contributed by atoms with Crippen LogP contribution in [0.25, 0.3) is 0 Å². The molecule has 2 aromatic carbocycles. The number of aromatic nitrogens is 3. The second kappa shape index (κ2) is 12.0. The van der Waals surface area contributed by atoms with E-state index < -0.39 is 11.9 Å². The molecule has 1 unspecified atom stereocenters. The number of thioether (sulfide) groups is 1. The van der Waals surface area contributed by atoms with E-state index in [1.807, 2.05) is 48.7 Å². The fourth-order valence-corrected chi connectivity index (χ4v) is 4.07. The molecule has 1 aromatic heterocycles. The zero-order chi connectivity index (χ0) is 25.4. The fraction of sp³-hybridized carbons (Fsp3) is 0.292. The molecule has 3 aromatic rings. The number of benzene rings is 2. The number of carbonyl (C=O) groups is 3. The summed E-state index contributed by atoms with van der Waals surface area (Å²) in [6, 6.07) is 13.6. The van der Waals surface area contributed by atoms with E-state index in [-0.39, 0.29) is 34.6 Å². The van der Waals surface area contributed by atoms with Crippen molar-refractivity contribution in [1.82, 2.24) is 14.8 Å². The lowest BCUT2D eigenvalue weighted by Crippen LogP contribution is -2.17. The average molecular weight is 499 g/mol. The van der Waals surface area contributed by atoms with Crippen LogP contribution in [0.2, 0.25) is 0 Å². The summed E-state index contributed by atoms with van der Waals surface area (Å²) in [5.41, 5.74) is 0.490. The van der Waals surface area contributed by atoms with Gasteiger partial charge in [0, 0.05) is 12.2 Å². The minimum Gasteiger partial charge on any atom is -0.483 e. The maximum atomic E-state index is 12.6. The first-order valence-electron chi connectivity index (χ1n) is 10.7. The monoisotopic (exact) mass is 498 g/mol. The third-order valence-corrected chi connectivity index (χ3v) is 5.84. The van der Waals surface area contributed by atoms with Crippen LogP contribution in [0, 0.1) is 0 Å². The number of anilines is 1. The molecule has 0 spiro atoms. The molecule has 1 amide bonds. The van der Waals surface area contributed by atoms with Crippen LogP contribution in [-0.4, -0.2) is 52.6 Å². The molecule has 0 aliphatic heterocycles. The van der Waals surface area contributed by atoms with Crippen LogP contribution in [-0.2, 0) is 20.8 Å². The predicted molar refractivity (Wildman–Crippen MR) is 130 cm³/mol.